The highest BCUT2D eigenvalue weighted by Crippen LogP contribution is 2.25. The molecule has 0 bridgehead atoms. The number of piperazine rings is 1. The molecule has 1 saturated heterocycles. The highest BCUT2D eigenvalue weighted by molar-refractivity contribution is 5.08. The lowest BCUT2D eigenvalue weighted by atomic mass is 9.95. The van der Waals surface area contributed by atoms with Gasteiger partial charge in [0.25, 0.3) is 0 Å². The van der Waals surface area contributed by atoms with E-state index in [0.717, 1.165) is 30.7 Å². The van der Waals surface area contributed by atoms with Crippen molar-refractivity contribution in [3.63, 3.8) is 0 Å². The van der Waals surface area contributed by atoms with E-state index in [-0.39, 0.29) is 0 Å². The predicted octanol–water partition coefficient (Wildman–Crippen LogP) is 2.42. The van der Waals surface area contributed by atoms with Crippen molar-refractivity contribution in [2.75, 3.05) is 47.3 Å². The van der Waals surface area contributed by atoms with E-state index < -0.39 is 0 Å². The summed E-state index contributed by atoms with van der Waals surface area (Å²) in [5, 5.41) is 0. The summed E-state index contributed by atoms with van der Waals surface area (Å²) in [6, 6.07) is 1.05. The average Bonchev–Trinajstić information content (AvgIpc) is 2.37. The summed E-state index contributed by atoms with van der Waals surface area (Å²) in [6.07, 6.45) is 2.06. The number of quaternary nitrogens is 1. The van der Waals surface area contributed by atoms with Crippen LogP contribution in [0, 0.1) is 5.92 Å². The third kappa shape index (κ3) is 4.10. The molecule has 1 aliphatic heterocycles. The van der Waals surface area contributed by atoms with Gasteiger partial charge in [0, 0.05) is 38.1 Å². The van der Waals surface area contributed by atoms with Crippen LogP contribution in [0.5, 0.6) is 0 Å². The molecule has 0 aliphatic carbocycles. The first-order chi connectivity index (χ1) is 9.18. The average molecular weight is 280 g/mol. The number of hydrogen-bond acceptors (Lipinski definition) is 2. The maximum Gasteiger partial charge on any atom is 0.134 e. The van der Waals surface area contributed by atoms with Crippen molar-refractivity contribution < 1.29 is 4.48 Å². The Labute approximate surface area is 126 Å². The second-order valence-corrected chi connectivity index (χ2v) is 7.26. The van der Waals surface area contributed by atoms with E-state index in [4.69, 9.17) is 0 Å². The predicted molar refractivity (Wildman–Crippen MR) is 88.6 cm³/mol. The zero-order chi connectivity index (χ0) is 15.5. The Bertz CT molecular complexity index is 333. The van der Waals surface area contributed by atoms with Crippen LogP contribution in [0.25, 0.3) is 0 Å². The molecule has 0 spiro atoms. The molecule has 0 aromatic carbocycles. The minimum atomic E-state index is 0.401. The van der Waals surface area contributed by atoms with E-state index in [1.54, 1.807) is 0 Å². The molecule has 0 aromatic heterocycles. The molecule has 1 heterocycles. The van der Waals surface area contributed by atoms with Gasteiger partial charge in [-0.2, -0.15) is 0 Å². The number of hydrogen-bond donors (Lipinski definition) is 0. The molecule has 0 aromatic rings. The molecular weight excluding hydrogens is 246 g/mol. The summed E-state index contributed by atoms with van der Waals surface area (Å²) in [7, 11) is 6.75. The SMILES string of the molecule is C=C[C@@H](C)[C@@H](C(=C)N1CCN(C(C)C)CC1)[N+](C)(C)C. The first-order valence-electron chi connectivity index (χ1n) is 7.80. The second kappa shape index (κ2) is 6.77. The van der Waals surface area contributed by atoms with Crippen LogP contribution >= 0.6 is 0 Å². The van der Waals surface area contributed by atoms with Crippen LogP contribution in [0.1, 0.15) is 20.8 Å². The van der Waals surface area contributed by atoms with Gasteiger partial charge in [-0.3, -0.25) is 4.90 Å². The van der Waals surface area contributed by atoms with Crippen molar-refractivity contribution >= 4 is 0 Å². The van der Waals surface area contributed by atoms with Gasteiger partial charge in [-0.15, -0.1) is 6.58 Å². The van der Waals surface area contributed by atoms with Gasteiger partial charge in [0.05, 0.1) is 26.8 Å². The maximum absolute atomic E-state index is 4.43. The third-order valence-electron chi connectivity index (χ3n) is 4.50. The van der Waals surface area contributed by atoms with Crippen LogP contribution in [-0.2, 0) is 0 Å². The Balaban J connectivity index is 2.75. The van der Waals surface area contributed by atoms with Gasteiger partial charge in [-0.1, -0.05) is 19.6 Å². The largest absolute Gasteiger partial charge is 0.368 e. The second-order valence-electron chi connectivity index (χ2n) is 7.26. The molecule has 3 heteroatoms. The zero-order valence-electron chi connectivity index (χ0n) is 14.4. The summed E-state index contributed by atoms with van der Waals surface area (Å²) in [5.74, 6) is 0.436. The van der Waals surface area contributed by atoms with Gasteiger partial charge in [0.1, 0.15) is 6.04 Å². The first kappa shape index (κ1) is 17.3. The van der Waals surface area contributed by atoms with Crippen LogP contribution in [0.4, 0.5) is 0 Å². The molecular formula is C17H34N3+. The minimum absolute atomic E-state index is 0.401. The maximum atomic E-state index is 4.43. The van der Waals surface area contributed by atoms with Crippen LogP contribution in [-0.4, -0.2) is 73.7 Å². The molecule has 0 N–H and O–H groups in total. The Hall–Kier alpha value is -0.800. The van der Waals surface area contributed by atoms with Crippen LogP contribution in [0.15, 0.2) is 24.9 Å². The van der Waals surface area contributed by atoms with E-state index in [2.05, 4.69) is 70.9 Å². The van der Waals surface area contributed by atoms with E-state index in [9.17, 15) is 0 Å². The summed E-state index contributed by atoms with van der Waals surface area (Å²) < 4.78 is 0.899. The highest BCUT2D eigenvalue weighted by Gasteiger charge is 2.34. The topological polar surface area (TPSA) is 6.48 Å². The monoisotopic (exact) mass is 280 g/mol. The molecule has 0 unspecified atom stereocenters. The standard InChI is InChI=1S/C17H34N3/c1-9-15(4)17(20(6,7)8)16(5)19-12-10-18(11-13-19)14(2)3/h9,14-15,17H,1,5,10-13H2,2-4,6-8H3/q+1/t15-,17+/m1/s1. The highest BCUT2D eigenvalue weighted by atomic mass is 15.4. The normalized spacial score (nSPS) is 20.9. The molecule has 20 heavy (non-hydrogen) atoms. The molecule has 116 valence electrons. The quantitative estimate of drug-likeness (QED) is 0.545. The van der Waals surface area contributed by atoms with Crippen molar-refractivity contribution in [3.05, 3.63) is 24.9 Å². The summed E-state index contributed by atoms with van der Waals surface area (Å²) >= 11 is 0. The number of likely N-dealkylation sites (N-methyl/N-ethyl adjacent to an activating group) is 1. The molecule has 1 rings (SSSR count). The molecule has 0 amide bonds. The van der Waals surface area contributed by atoms with Crippen LogP contribution in [0.2, 0.25) is 0 Å². The fourth-order valence-corrected chi connectivity index (χ4v) is 3.30. The number of nitrogens with zero attached hydrogens (tertiary/aromatic N) is 3. The first-order valence-corrected chi connectivity index (χ1v) is 7.80. The van der Waals surface area contributed by atoms with Gasteiger partial charge in [-0.25, -0.2) is 0 Å². The zero-order valence-corrected chi connectivity index (χ0v) is 14.4. The van der Waals surface area contributed by atoms with Crippen molar-refractivity contribution in [1.82, 2.24) is 9.80 Å². The molecule has 0 radical (unpaired) electrons. The summed E-state index contributed by atoms with van der Waals surface area (Å²) in [6.45, 7) is 19.7. The van der Waals surface area contributed by atoms with Crippen molar-refractivity contribution in [3.8, 4) is 0 Å². The van der Waals surface area contributed by atoms with Gasteiger partial charge in [0.15, 0.2) is 0 Å². The lowest BCUT2D eigenvalue weighted by Gasteiger charge is -2.45. The van der Waals surface area contributed by atoms with Gasteiger partial charge < -0.3 is 9.38 Å². The van der Waals surface area contributed by atoms with Gasteiger partial charge in [-0.05, 0) is 13.8 Å². The van der Waals surface area contributed by atoms with Gasteiger partial charge in [0.2, 0.25) is 0 Å². The van der Waals surface area contributed by atoms with Crippen LogP contribution < -0.4 is 0 Å². The van der Waals surface area contributed by atoms with Crippen molar-refractivity contribution in [2.24, 2.45) is 5.92 Å². The summed E-state index contributed by atoms with van der Waals surface area (Å²) in [5.41, 5.74) is 1.27. The molecule has 2 atom stereocenters. The Kier molecular flexibility index (Phi) is 5.84. The lowest BCUT2D eigenvalue weighted by molar-refractivity contribution is -0.894. The van der Waals surface area contributed by atoms with Crippen molar-refractivity contribution in [2.45, 2.75) is 32.9 Å². The summed E-state index contributed by atoms with van der Waals surface area (Å²) in [4.78, 5) is 5.02. The smallest absolute Gasteiger partial charge is 0.134 e. The Morgan fingerprint density at radius 2 is 1.55 bits per heavy atom. The number of rotatable bonds is 6. The minimum Gasteiger partial charge on any atom is -0.368 e. The van der Waals surface area contributed by atoms with Crippen LogP contribution in [0.3, 0.4) is 0 Å². The third-order valence-corrected chi connectivity index (χ3v) is 4.50. The molecule has 0 saturated carbocycles. The molecule has 1 fully saturated rings. The Morgan fingerprint density at radius 1 is 1.05 bits per heavy atom. The van der Waals surface area contributed by atoms with Crippen molar-refractivity contribution in [1.29, 1.82) is 0 Å². The lowest BCUT2D eigenvalue weighted by Crippen LogP contribution is -2.55. The van der Waals surface area contributed by atoms with E-state index in [1.807, 2.05) is 0 Å². The fraction of sp³-hybridized carbons (Fsp3) is 0.765. The molecule has 3 nitrogen and oxygen atoms in total. The van der Waals surface area contributed by atoms with E-state index in [0.29, 0.717) is 18.0 Å². The Morgan fingerprint density at radius 3 is 1.90 bits per heavy atom. The van der Waals surface area contributed by atoms with Gasteiger partial charge >= 0.3 is 0 Å². The molecule has 1 aliphatic rings. The van der Waals surface area contributed by atoms with E-state index >= 15 is 0 Å². The fourth-order valence-electron chi connectivity index (χ4n) is 3.30. The van der Waals surface area contributed by atoms with E-state index in [1.165, 1.54) is 5.70 Å².